The predicted molar refractivity (Wildman–Crippen MR) is 86.3 cm³/mol. The molecule has 0 unspecified atom stereocenters. The molecule has 0 spiro atoms. The summed E-state index contributed by atoms with van der Waals surface area (Å²) < 4.78 is 0. The molecule has 4 heteroatoms. The van der Waals surface area contributed by atoms with Crippen LogP contribution < -0.4 is 0 Å². The van der Waals surface area contributed by atoms with Crippen LogP contribution in [-0.4, -0.2) is 34.4 Å². The largest absolute Gasteiger partial charge is 0.317 e. The van der Waals surface area contributed by atoms with Crippen LogP contribution in [0.15, 0.2) is 30.0 Å². The van der Waals surface area contributed by atoms with Gasteiger partial charge in [-0.15, -0.1) is 0 Å². The first-order valence-electron chi connectivity index (χ1n) is 6.87. The molecule has 1 aliphatic rings. The zero-order valence-electron chi connectivity index (χ0n) is 12.4. The Morgan fingerprint density at radius 3 is 2.30 bits per heavy atom. The van der Waals surface area contributed by atoms with Gasteiger partial charge in [-0.25, -0.2) is 0 Å². The van der Waals surface area contributed by atoms with Crippen LogP contribution in [-0.2, 0) is 4.79 Å². The first-order valence-corrected chi connectivity index (χ1v) is 7.27. The van der Waals surface area contributed by atoms with Crippen molar-refractivity contribution in [2.75, 3.05) is 13.6 Å². The van der Waals surface area contributed by atoms with Crippen molar-refractivity contribution < 1.29 is 4.79 Å². The molecular formula is C16H20N2OS. The van der Waals surface area contributed by atoms with Gasteiger partial charge in [0.15, 0.2) is 5.11 Å². The lowest BCUT2D eigenvalue weighted by Gasteiger charge is -2.13. The van der Waals surface area contributed by atoms with Crippen molar-refractivity contribution in [1.29, 1.82) is 0 Å². The number of rotatable bonds is 3. The van der Waals surface area contributed by atoms with E-state index in [-0.39, 0.29) is 5.91 Å². The normalized spacial score (nSPS) is 17.8. The number of amides is 1. The molecule has 1 saturated heterocycles. The van der Waals surface area contributed by atoms with Gasteiger partial charge in [0.1, 0.15) is 5.70 Å². The molecule has 0 radical (unpaired) electrons. The first kappa shape index (κ1) is 14.7. The Morgan fingerprint density at radius 1 is 1.25 bits per heavy atom. The first-order chi connectivity index (χ1) is 9.45. The van der Waals surface area contributed by atoms with Crippen LogP contribution in [0.3, 0.4) is 0 Å². The molecule has 0 bridgehead atoms. The average Bonchev–Trinajstić information content (AvgIpc) is 2.63. The summed E-state index contributed by atoms with van der Waals surface area (Å²) in [5.74, 6) is 0.489. The molecule has 1 fully saturated rings. The molecule has 0 atom stereocenters. The van der Waals surface area contributed by atoms with Crippen LogP contribution in [0.1, 0.15) is 37.8 Å². The Balaban J connectivity index is 2.31. The minimum Gasteiger partial charge on any atom is -0.317 e. The molecular weight excluding hydrogens is 268 g/mol. The van der Waals surface area contributed by atoms with Crippen LogP contribution in [0.2, 0.25) is 0 Å². The van der Waals surface area contributed by atoms with Gasteiger partial charge < -0.3 is 4.90 Å². The molecule has 106 valence electrons. The maximum atomic E-state index is 12.3. The zero-order valence-corrected chi connectivity index (χ0v) is 13.2. The fourth-order valence-electron chi connectivity index (χ4n) is 2.23. The third-order valence-corrected chi connectivity index (χ3v) is 4.06. The van der Waals surface area contributed by atoms with Gasteiger partial charge in [0.05, 0.1) is 0 Å². The molecule has 1 aromatic rings. The molecule has 2 rings (SSSR count). The van der Waals surface area contributed by atoms with E-state index < -0.39 is 0 Å². The van der Waals surface area contributed by atoms with Crippen LogP contribution in [0.5, 0.6) is 0 Å². The summed E-state index contributed by atoms with van der Waals surface area (Å²) in [4.78, 5) is 15.7. The van der Waals surface area contributed by atoms with Crippen LogP contribution in [0.25, 0.3) is 6.08 Å². The van der Waals surface area contributed by atoms with E-state index in [2.05, 4.69) is 26.0 Å². The highest BCUT2D eigenvalue weighted by Crippen LogP contribution is 2.22. The standard InChI is InChI=1S/C16H20N2OS/c1-5-18-15(19)14(17(4)16(18)20)10-12-6-8-13(9-7-12)11(2)3/h6-11H,5H2,1-4H3/b14-10-. The van der Waals surface area contributed by atoms with Gasteiger partial charge in [0, 0.05) is 13.6 Å². The monoisotopic (exact) mass is 288 g/mol. The molecule has 3 nitrogen and oxygen atoms in total. The lowest BCUT2D eigenvalue weighted by atomic mass is 10.0. The summed E-state index contributed by atoms with van der Waals surface area (Å²) in [6.45, 7) is 6.86. The SMILES string of the molecule is CCN1C(=O)/C(=C/c2ccc(C(C)C)cc2)N(C)C1=S. The summed E-state index contributed by atoms with van der Waals surface area (Å²) in [5, 5.41) is 0.572. The Bertz CT molecular complexity index is 560. The second-order valence-corrected chi connectivity index (χ2v) is 5.61. The van der Waals surface area contributed by atoms with E-state index in [4.69, 9.17) is 12.2 Å². The second kappa shape index (κ2) is 5.75. The van der Waals surface area contributed by atoms with Gasteiger partial charge in [-0.1, -0.05) is 38.1 Å². The van der Waals surface area contributed by atoms with E-state index in [9.17, 15) is 4.79 Å². The van der Waals surface area contributed by atoms with Gasteiger partial charge in [-0.05, 0) is 42.3 Å². The van der Waals surface area contributed by atoms with Gasteiger partial charge in [-0.3, -0.25) is 9.69 Å². The van der Waals surface area contributed by atoms with Crippen molar-refractivity contribution in [3.05, 3.63) is 41.1 Å². The van der Waals surface area contributed by atoms with Gasteiger partial charge in [-0.2, -0.15) is 0 Å². The van der Waals surface area contributed by atoms with Crippen molar-refractivity contribution in [2.45, 2.75) is 26.7 Å². The summed E-state index contributed by atoms with van der Waals surface area (Å²) in [6.07, 6.45) is 1.90. The number of thiocarbonyl (C=S) groups is 1. The molecule has 1 heterocycles. The van der Waals surface area contributed by atoms with E-state index in [1.807, 2.05) is 32.2 Å². The summed E-state index contributed by atoms with van der Waals surface area (Å²) in [6, 6.07) is 8.29. The summed E-state index contributed by atoms with van der Waals surface area (Å²) in [7, 11) is 1.84. The molecule has 0 aliphatic carbocycles. The highest BCUT2D eigenvalue weighted by atomic mass is 32.1. The Hall–Kier alpha value is -1.68. The second-order valence-electron chi connectivity index (χ2n) is 5.24. The smallest absolute Gasteiger partial charge is 0.276 e. The maximum absolute atomic E-state index is 12.3. The van der Waals surface area contributed by atoms with Crippen LogP contribution in [0.4, 0.5) is 0 Å². The molecule has 1 amide bonds. The number of hydrogen-bond acceptors (Lipinski definition) is 2. The fourth-order valence-corrected chi connectivity index (χ4v) is 2.54. The zero-order chi connectivity index (χ0) is 14.9. The topological polar surface area (TPSA) is 23.6 Å². The fraction of sp³-hybridized carbons (Fsp3) is 0.375. The van der Waals surface area contributed by atoms with Gasteiger partial charge in [0.2, 0.25) is 0 Å². The minimum absolute atomic E-state index is 0.0204. The van der Waals surface area contributed by atoms with E-state index in [0.29, 0.717) is 23.3 Å². The van der Waals surface area contributed by atoms with Crippen molar-refractivity contribution >= 4 is 29.3 Å². The van der Waals surface area contributed by atoms with E-state index in [1.165, 1.54) is 5.56 Å². The number of benzene rings is 1. The Morgan fingerprint density at radius 2 is 1.85 bits per heavy atom. The highest BCUT2D eigenvalue weighted by Gasteiger charge is 2.34. The van der Waals surface area contributed by atoms with Crippen molar-refractivity contribution in [3.63, 3.8) is 0 Å². The number of carbonyl (C=O) groups is 1. The molecule has 0 saturated carbocycles. The molecule has 0 aromatic heterocycles. The van der Waals surface area contributed by atoms with Gasteiger partial charge in [0.25, 0.3) is 5.91 Å². The number of nitrogens with zero attached hydrogens (tertiary/aromatic N) is 2. The van der Waals surface area contributed by atoms with Crippen LogP contribution in [0, 0.1) is 0 Å². The van der Waals surface area contributed by atoms with Gasteiger partial charge >= 0.3 is 0 Å². The third-order valence-electron chi connectivity index (χ3n) is 3.57. The quantitative estimate of drug-likeness (QED) is 0.630. The Labute approximate surface area is 125 Å². The van der Waals surface area contributed by atoms with Crippen LogP contribution >= 0.6 is 12.2 Å². The van der Waals surface area contributed by atoms with Crippen molar-refractivity contribution in [1.82, 2.24) is 9.80 Å². The highest BCUT2D eigenvalue weighted by molar-refractivity contribution is 7.80. The average molecular weight is 288 g/mol. The lowest BCUT2D eigenvalue weighted by Crippen LogP contribution is -2.30. The minimum atomic E-state index is -0.0204. The number of carbonyl (C=O) groups excluding carboxylic acids is 1. The third kappa shape index (κ3) is 2.61. The van der Waals surface area contributed by atoms with E-state index >= 15 is 0 Å². The molecule has 0 N–H and O–H groups in total. The molecule has 20 heavy (non-hydrogen) atoms. The lowest BCUT2D eigenvalue weighted by molar-refractivity contribution is -0.122. The van der Waals surface area contributed by atoms with Crippen molar-refractivity contribution in [2.24, 2.45) is 0 Å². The Kier molecular flexibility index (Phi) is 4.23. The number of likely N-dealkylation sites (N-methyl/N-ethyl adjacent to an activating group) is 2. The summed E-state index contributed by atoms with van der Waals surface area (Å²) >= 11 is 5.28. The molecule has 1 aliphatic heterocycles. The summed E-state index contributed by atoms with van der Waals surface area (Å²) in [5.41, 5.74) is 2.95. The molecule has 1 aromatic carbocycles. The predicted octanol–water partition coefficient (Wildman–Crippen LogP) is 3.23. The maximum Gasteiger partial charge on any atom is 0.276 e. The van der Waals surface area contributed by atoms with E-state index in [0.717, 1.165) is 5.56 Å². The number of hydrogen-bond donors (Lipinski definition) is 0. The van der Waals surface area contributed by atoms with E-state index in [1.54, 1.807) is 9.80 Å². The van der Waals surface area contributed by atoms with Crippen molar-refractivity contribution in [3.8, 4) is 0 Å².